The van der Waals surface area contributed by atoms with Gasteiger partial charge < -0.3 is 15.1 Å². The molecule has 3 fully saturated rings. The number of nitrogens with zero attached hydrogens (tertiary/aromatic N) is 3. The Balaban J connectivity index is 1.28. The first-order valence-electron chi connectivity index (χ1n) is 10.0. The lowest BCUT2D eigenvalue weighted by Crippen LogP contribution is -2.52. The van der Waals surface area contributed by atoms with Gasteiger partial charge in [0.1, 0.15) is 0 Å². The van der Waals surface area contributed by atoms with Crippen molar-refractivity contribution in [2.45, 2.75) is 70.0 Å². The number of carbonyl (C=O) groups excluding carboxylic acids is 1. The Morgan fingerprint density at radius 3 is 2.68 bits per heavy atom. The van der Waals surface area contributed by atoms with Crippen LogP contribution in [0, 0.1) is 5.92 Å². The predicted octanol–water partition coefficient (Wildman–Crippen LogP) is 2.55. The van der Waals surface area contributed by atoms with Crippen LogP contribution < -0.4 is 10.2 Å². The Morgan fingerprint density at radius 1 is 1.16 bits per heavy atom. The van der Waals surface area contributed by atoms with Gasteiger partial charge in [-0.3, -0.25) is 4.79 Å². The van der Waals surface area contributed by atoms with E-state index in [0.29, 0.717) is 23.9 Å². The molecule has 136 valence electrons. The fraction of sp³-hybridized carbons (Fsp3) is 0.789. The largest absolute Gasteiger partial charge is 0.340 e. The third-order valence-electron chi connectivity index (χ3n) is 6.61. The molecule has 2 atom stereocenters. The van der Waals surface area contributed by atoms with Crippen LogP contribution in [0.1, 0.15) is 55.5 Å². The molecule has 1 aliphatic carbocycles. The molecule has 4 heterocycles. The predicted molar refractivity (Wildman–Crippen MR) is 100.0 cm³/mol. The Kier molecular flexibility index (Phi) is 4.20. The maximum Gasteiger partial charge on any atom is 0.223 e. The van der Waals surface area contributed by atoms with Crippen LogP contribution in [-0.2, 0) is 17.8 Å². The van der Waals surface area contributed by atoms with Crippen LogP contribution in [0.25, 0.3) is 0 Å². The van der Waals surface area contributed by atoms with E-state index in [9.17, 15) is 4.79 Å². The zero-order chi connectivity index (χ0) is 16.8. The normalized spacial score (nSPS) is 29.3. The molecule has 1 saturated carbocycles. The van der Waals surface area contributed by atoms with E-state index < -0.39 is 0 Å². The molecule has 1 N–H and O–H groups in total. The molecule has 1 aromatic rings. The van der Waals surface area contributed by atoms with Gasteiger partial charge in [-0.2, -0.15) is 0 Å². The molecule has 4 aliphatic rings. The van der Waals surface area contributed by atoms with Crippen molar-refractivity contribution < 1.29 is 4.79 Å². The number of aromatic nitrogens is 1. The topological polar surface area (TPSA) is 48.5 Å². The highest BCUT2D eigenvalue weighted by atomic mass is 32.1. The number of amides is 1. The lowest BCUT2D eigenvalue weighted by molar-refractivity contribution is -0.133. The summed E-state index contributed by atoms with van der Waals surface area (Å²) >= 11 is 1.89. The van der Waals surface area contributed by atoms with E-state index in [4.69, 9.17) is 4.98 Å². The van der Waals surface area contributed by atoms with E-state index >= 15 is 0 Å². The van der Waals surface area contributed by atoms with Crippen molar-refractivity contribution >= 4 is 22.4 Å². The molecule has 2 saturated heterocycles. The molecule has 5 rings (SSSR count). The monoisotopic (exact) mass is 360 g/mol. The molecular formula is C19H28N4OS. The first kappa shape index (κ1) is 16.1. The van der Waals surface area contributed by atoms with Gasteiger partial charge in [0.15, 0.2) is 5.13 Å². The number of carbonyl (C=O) groups is 1. The minimum Gasteiger partial charge on any atom is -0.340 e. The van der Waals surface area contributed by atoms with Gasteiger partial charge in [0, 0.05) is 49.4 Å². The number of nitrogens with one attached hydrogen (secondary N) is 1. The number of hydrogen-bond acceptors (Lipinski definition) is 5. The molecule has 3 aliphatic heterocycles. The van der Waals surface area contributed by atoms with Gasteiger partial charge in [0.05, 0.1) is 12.2 Å². The molecule has 2 bridgehead atoms. The zero-order valence-corrected chi connectivity index (χ0v) is 15.7. The van der Waals surface area contributed by atoms with Crippen LogP contribution in [0.3, 0.4) is 0 Å². The van der Waals surface area contributed by atoms with Crippen LogP contribution in [0.5, 0.6) is 0 Å². The van der Waals surface area contributed by atoms with Crippen molar-refractivity contribution in [1.82, 2.24) is 15.2 Å². The van der Waals surface area contributed by atoms with Gasteiger partial charge in [-0.05, 0) is 31.6 Å². The molecule has 6 heteroatoms. The van der Waals surface area contributed by atoms with E-state index in [1.807, 2.05) is 11.3 Å². The third kappa shape index (κ3) is 2.97. The number of anilines is 1. The summed E-state index contributed by atoms with van der Waals surface area (Å²) in [5.74, 6) is 0.991. The van der Waals surface area contributed by atoms with Gasteiger partial charge in [-0.1, -0.05) is 12.8 Å². The van der Waals surface area contributed by atoms with Crippen molar-refractivity contribution in [3.63, 3.8) is 0 Å². The Hall–Kier alpha value is -1.14. The Labute approximate surface area is 153 Å². The Bertz CT molecular complexity index is 638. The molecule has 2 unspecified atom stereocenters. The summed E-state index contributed by atoms with van der Waals surface area (Å²) < 4.78 is 0. The number of piperazine rings is 1. The molecule has 0 radical (unpaired) electrons. The Morgan fingerprint density at radius 2 is 1.92 bits per heavy atom. The van der Waals surface area contributed by atoms with Crippen LogP contribution in [-0.4, -0.2) is 47.5 Å². The number of fused-ring (bicyclic) bond motifs is 3. The second kappa shape index (κ2) is 6.54. The van der Waals surface area contributed by atoms with Crippen molar-refractivity contribution in [3.8, 4) is 0 Å². The standard InChI is InChI=1S/C19H28N4OS/c24-18(9-13-3-1-2-4-13)22-8-7-17-16(12-22)21-19(25-17)23-14-5-6-15(23)11-20-10-14/h13-15,20H,1-12H2. The molecule has 1 aromatic heterocycles. The van der Waals surface area contributed by atoms with Gasteiger partial charge in [0.25, 0.3) is 0 Å². The number of rotatable bonds is 3. The van der Waals surface area contributed by atoms with E-state index in [1.54, 1.807) is 0 Å². The first-order valence-corrected chi connectivity index (χ1v) is 10.8. The summed E-state index contributed by atoms with van der Waals surface area (Å²) in [4.78, 5) is 23.7. The van der Waals surface area contributed by atoms with Crippen molar-refractivity contribution in [2.24, 2.45) is 5.92 Å². The highest BCUT2D eigenvalue weighted by Crippen LogP contribution is 2.38. The zero-order valence-electron chi connectivity index (χ0n) is 14.9. The lowest BCUT2D eigenvalue weighted by atomic mass is 10.0. The highest BCUT2D eigenvalue weighted by Gasteiger charge is 2.39. The van der Waals surface area contributed by atoms with E-state index in [0.717, 1.165) is 39.0 Å². The van der Waals surface area contributed by atoms with E-state index in [1.165, 1.54) is 54.2 Å². The third-order valence-corrected chi connectivity index (χ3v) is 7.78. The second-order valence-electron chi connectivity index (χ2n) is 8.24. The van der Waals surface area contributed by atoms with E-state index in [-0.39, 0.29) is 0 Å². The van der Waals surface area contributed by atoms with E-state index in [2.05, 4.69) is 15.1 Å². The molecule has 25 heavy (non-hydrogen) atoms. The highest BCUT2D eigenvalue weighted by molar-refractivity contribution is 7.15. The summed E-state index contributed by atoms with van der Waals surface area (Å²) in [5.41, 5.74) is 1.17. The van der Waals surface area contributed by atoms with Gasteiger partial charge in [0.2, 0.25) is 5.91 Å². The van der Waals surface area contributed by atoms with Gasteiger partial charge in [-0.25, -0.2) is 4.98 Å². The molecule has 1 amide bonds. The molecule has 0 spiro atoms. The SMILES string of the molecule is O=C(CC1CCCC1)N1CCc2sc(N3C4CCC3CNC4)nc2C1. The molecular weight excluding hydrogens is 332 g/mol. The van der Waals surface area contributed by atoms with Gasteiger partial charge in [-0.15, -0.1) is 11.3 Å². The average Bonchev–Trinajstić information content (AvgIpc) is 3.32. The maximum absolute atomic E-state index is 12.7. The van der Waals surface area contributed by atoms with Crippen molar-refractivity contribution in [2.75, 3.05) is 24.5 Å². The average molecular weight is 361 g/mol. The summed E-state index contributed by atoms with van der Waals surface area (Å²) in [7, 11) is 0. The van der Waals surface area contributed by atoms with Crippen molar-refractivity contribution in [1.29, 1.82) is 0 Å². The van der Waals surface area contributed by atoms with Crippen LogP contribution in [0.4, 0.5) is 5.13 Å². The minimum absolute atomic E-state index is 0.356. The fourth-order valence-electron chi connectivity index (χ4n) is 5.19. The number of hydrogen-bond donors (Lipinski definition) is 1. The fourth-order valence-corrected chi connectivity index (χ4v) is 6.39. The first-order chi connectivity index (χ1) is 12.3. The van der Waals surface area contributed by atoms with Crippen LogP contribution in [0.2, 0.25) is 0 Å². The maximum atomic E-state index is 12.7. The summed E-state index contributed by atoms with van der Waals surface area (Å²) in [5, 5.41) is 4.76. The summed E-state index contributed by atoms with van der Waals surface area (Å²) in [6.45, 7) is 3.80. The lowest BCUT2D eigenvalue weighted by Gasteiger charge is -2.35. The van der Waals surface area contributed by atoms with Crippen molar-refractivity contribution in [3.05, 3.63) is 10.6 Å². The van der Waals surface area contributed by atoms with Crippen LogP contribution in [0.15, 0.2) is 0 Å². The quantitative estimate of drug-likeness (QED) is 0.900. The summed E-state index contributed by atoms with van der Waals surface area (Å²) in [6.07, 6.45) is 9.44. The van der Waals surface area contributed by atoms with Crippen LogP contribution >= 0.6 is 11.3 Å². The van der Waals surface area contributed by atoms with Gasteiger partial charge >= 0.3 is 0 Å². The molecule has 0 aromatic carbocycles. The molecule has 5 nitrogen and oxygen atoms in total. The summed E-state index contributed by atoms with van der Waals surface area (Å²) in [6, 6.07) is 1.23. The number of thiazole rings is 1. The minimum atomic E-state index is 0.356. The second-order valence-corrected chi connectivity index (χ2v) is 9.30. The smallest absolute Gasteiger partial charge is 0.223 e.